The molecule has 1 aromatic carbocycles. The van der Waals surface area contributed by atoms with Gasteiger partial charge in [-0.2, -0.15) is 0 Å². The van der Waals surface area contributed by atoms with Crippen molar-refractivity contribution < 1.29 is 14.3 Å². The first-order valence-corrected chi connectivity index (χ1v) is 6.17. The number of hydrogen-bond acceptors (Lipinski definition) is 3. The summed E-state index contributed by atoms with van der Waals surface area (Å²) in [4.78, 5) is 11.9. The van der Waals surface area contributed by atoms with Crippen LogP contribution in [0, 0.1) is 0 Å². The molecule has 2 N–H and O–H groups in total. The van der Waals surface area contributed by atoms with E-state index in [1.54, 1.807) is 43.3 Å². The van der Waals surface area contributed by atoms with Crippen molar-refractivity contribution in [2.24, 2.45) is 0 Å². The van der Waals surface area contributed by atoms with Crippen LogP contribution in [0.2, 0.25) is 5.02 Å². The monoisotopic (exact) mass is 279 g/mol. The number of carbonyl (C=O) groups excluding carboxylic acids is 1. The van der Waals surface area contributed by atoms with Gasteiger partial charge in [-0.3, -0.25) is 4.79 Å². The van der Waals surface area contributed by atoms with Crippen LogP contribution >= 0.6 is 11.6 Å². The molecule has 1 atom stereocenters. The number of hydrogen-bond donors (Lipinski definition) is 2. The van der Waals surface area contributed by atoms with E-state index in [0.29, 0.717) is 16.3 Å². The van der Waals surface area contributed by atoms with Gasteiger partial charge < -0.3 is 14.8 Å². The van der Waals surface area contributed by atoms with E-state index in [1.807, 2.05) is 0 Å². The van der Waals surface area contributed by atoms with Gasteiger partial charge in [0.1, 0.15) is 11.4 Å². The molecule has 0 saturated heterocycles. The third-order valence-electron chi connectivity index (χ3n) is 2.73. The highest BCUT2D eigenvalue weighted by molar-refractivity contribution is 6.30. The molecule has 0 spiro atoms. The minimum atomic E-state index is -1.25. The maximum absolute atomic E-state index is 11.9. The number of halogens is 1. The van der Waals surface area contributed by atoms with Crippen LogP contribution in [0.15, 0.2) is 47.1 Å². The van der Waals surface area contributed by atoms with Gasteiger partial charge in [0.25, 0.3) is 5.91 Å². The van der Waals surface area contributed by atoms with Crippen LogP contribution in [0.3, 0.4) is 0 Å². The van der Waals surface area contributed by atoms with Gasteiger partial charge in [0.2, 0.25) is 0 Å². The summed E-state index contributed by atoms with van der Waals surface area (Å²) >= 11 is 5.82. The van der Waals surface area contributed by atoms with Crippen molar-refractivity contribution in [3.05, 3.63) is 59.0 Å². The zero-order valence-electron chi connectivity index (χ0n) is 10.4. The Bertz CT molecular complexity index is 564. The van der Waals surface area contributed by atoms with Crippen molar-refractivity contribution in [3.8, 4) is 0 Å². The number of benzene rings is 1. The number of nitrogens with one attached hydrogen (secondary N) is 1. The summed E-state index contributed by atoms with van der Waals surface area (Å²) < 4.78 is 5.13. The fourth-order valence-electron chi connectivity index (χ4n) is 1.66. The van der Waals surface area contributed by atoms with Gasteiger partial charge in [-0.05, 0) is 37.3 Å². The van der Waals surface area contributed by atoms with Crippen molar-refractivity contribution in [3.63, 3.8) is 0 Å². The summed E-state index contributed by atoms with van der Waals surface area (Å²) in [6, 6.07) is 9.95. The van der Waals surface area contributed by atoms with E-state index < -0.39 is 5.60 Å². The van der Waals surface area contributed by atoms with Crippen LogP contribution in [0.1, 0.15) is 23.0 Å². The highest BCUT2D eigenvalue weighted by Crippen LogP contribution is 2.20. The van der Waals surface area contributed by atoms with Crippen molar-refractivity contribution >= 4 is 17.5 Å². The van der Waals surface area contributed by atoms with E-state index in [2.05, 4.69) is 5.32 Å². The van der Waals surface area contributed by atoms with Crippen LogP contribution in [0.4, 0.5) is 0 Å². The Morgan fingerprint density at radius 2 is 2.21 bits per heavy atom. The fraction of sp³-hybridized carbons (Fsp3) is 0.214. The summed E-state index contributed by atoms with van der Waals surface area (Å²) in [6.07, 6.45) is 1.47. The molecular weight excluding hydrogens is 266 g/mol. The van der Waals surface area contributed by atoms with E-state index in [4.69, 9.17) is 16.0 Å². The summed E-state index contributed by atoms with van der Waals surface area (Å²) in [5, 5.41) is 13.3. The number of amides is 1. The molecule has 1 heterocycles. The standard InChI is InChI=1S/C14H14ClNO3/c1-14(18,12-6-3-7-19-12)9-16-13(17)10-4-2-5-11(15)8-10/h2-8,18H,9H2,1H3,(H,16,17). The molecule has 1 aromatic heterocycles. The van der Waals surface area contributed by atoms with Crippen LogP contribution in [-0.2, 0) is 5.60 Å². The van der Waals surface area contributed by atoms with Crippen molar-refractivity contribution in [1.29, 1.82) is 0 Å². The molecule has 0 saturated carbocycles. The van der Waals surface area contributed by atoms with Crippen LogP contribution in [0.5, 0.6) is 0 Å². The summed E-state index contributed by atoms with van der Waals surface area (Å²) in [5.41, 5.74) is -0.805. The number of rotatable bonds is 4. The molecule has 0 aliphatic heterocycles. The summed E-state index contributed by atoms with van der Waals surface area (Å²) in [6.45, 7) is 1.62. The average Bonchev–Trinajstić information content (AvgIpc) is 2.90. The number of carbonyl (C=O) groups is 1. The predicted molar refractivity (Wildman–Crippen MR) is 72.1 cm³/mol. The topological polar surface area (TPSA) is 62.5 Å². The predicted octanol–water partition coefficient (Wildman–Crippen LogP) is 2.57. The molecular formula is C14H14ClNO3. The summed E-state index contributed by atoms with van der Waals surface area (Å²) in [5.74, 6) is 0.105. The van der Waals surface area contributed by atoms with Gasteiger partial charge in [-0.1, -0.05) is 17.7 Å². The van der Waals surface area contributed by atoms with E-state index in [9.17, 15) is 9.90 Å². The van der Waals surface area contributed by atoms with Crippen molar-refractivity contribution in [2.45, 2.75) is 12.5 Å². The molecule has 0 aliphatic carbocycles. The lowest BCUT2D eigenvalue weighted by Gasteiger charge is -2.21. The van der Waals surface area contributed by atoms with E-state index >= 15 is 0 Å². The Balaban J connectivity index is 2.01. The zero-order valence-corrected chi connectivity index (χ0v) is 11.1. The molecule has 5 heteroatoms. The lowest BCUT2D eigenvalue weighted by Crippen LogP contribution is -2.38. The van der Waals surface area contributed by atoms with Crippen molar-refractivity contribution in [2.75, 3.05) is 6.54 Å². The van der Waals surface area contributed by atoms with Gasteiger partial charge in [0, 0.05) is 10.6 Å². The Hall–Kier alpha value is -1.78. The number of aliphatic hydroxyl groups is 1. The molecule has 0 radical (unpaired) electrons. The highest BCUT2D eigenvalue weighted by Gasteiger charge is 2.26. The highest BCUT2D eigenvalue weighted by atomic mass is 35.5. The Labute approximate surface area is 116 Å². The van der Waals surface area contributed by atoms with E-state index in [1.165, 1.54) is 6.26 Å². The molecule has 0 bridgehead atoms. The molecule has 1 unspecified atom stereocenters. The van der Waals surface area contributed by atoms with Crippen LogP contribution < -0.4 is 5.32 Å². The largest absolute Gasteiger partial charge is 0.466 e. The minimum absolute atomic E-state index is 0.0475. The first-order chi connectivity index (χ1) is 8.99. The smallest absolute Gasteiger partial charge is 0.251 e. The van der Waals surface area contributed by atoms with Gasteiger partial charge in [-0.25, -0.2) is 0 Å². The lowest BCUT2D eigenvalue weighted by molar-refractivity contribution is 0.0330. The van der Waals surface area contributed by atoms with E-state index in [0.717, 1.165) is 0 Å². The second kappa shape index (κ2) is 5.47. The molecule has 1 amide bonds. The Morgan fingerprint density at radius 1 is 1.42 bits per heavy atom. The first-order valence-electron chi connectivity index (χ1n) is 5.79. The first kappa shape index (κ1) is 13.6. The fourth-order valence-corrected chi connectivity index (χ4v) is 1.85. The summed E-state index contributed by atoms with van der Waals surface area (Å²) in [7, 11) is 0. The SMILES string of the molecule is CC(O)(CNC(=O)c1cccc(Cl)c1)c1ccco1. The second-order valence-electron chi connectivity index (χ2n) is 4.44. The second-order valence-corrected chi connectivity index (χ2v) is 4.88. The van der Waals surface area contributed by atoms with Crippen LogP contribution in [-0.4, -0.2) is 17.6 Å². The molecule has 19 heavy (non-hydrogen) atoms. The Morgan fingerprint density at radius 3 is 2.84 bits per heavy atom. The zero-order chi connectivity index (χ0) is 13.9. The maximum Gasteiger partial charge on any atom is 0.251 e. The molecule has 2 aromatic rings. The van der Waals surface area contributed by atoms with Crippen LogP contribution in [0.25, 0.3) is 0 Å². The van der Waals surface area contributed by atoms with E-state index in [-0.39, 0.29) is 12.5 Å². The third kappa shape index (κ3) is 3.36. The Kier molecular flexibility index (Phi) is 3.93. The van der Waals surface area contributed by atoms with Crippen molar-refractivity contribution in [1.82, 2.24) is 5.32 Å². The molecule has 2 rings (SSSR count). The third-order valence-corrected chi connectivity index (χ3v) is 2.97. The van der Waals surface area contributed by atoms with Gasteiger partial charge in [-0.15, -0.1) is 0 Å². The quantitative estimate of drug-likeness (QED) is 0.904. The van der Waals surface area contributed by atoms with Gasteiger partial charge in [0.15, 0.2) is 0 Å². The van der Waals surface area contributed by atoms with Gasteiger partial charge in [0.05, 0.1) is 12.8 Å². The molecule has 0 fully saturated rings. The number of furan rings is 1. The molecule has 0 aliphatic rings. The molecule has 4 nitrogen and oxygen atoms in total. The van der Waals surface area contributed by atoms with Gasteiger partial charge >= 0.3 is 0 Å². The minimum Gasteiger partial charge on any atom is -0.466 e. The normalized spacial score (nSPS) is 13.8. The molecule has 100 valence electrons. The maximum atomic E-state index is 11.9. The lowest BCUT2D eigenvalue weighted by atomic mass is 10.0. The average molecular weight is 280 g/mol.